The summed E-state index contributed by atoms with van der Waals surface area (Å²) in [5.74, 6) is 1.47. The molecule has 1 unspecified atom stereocenters. The van der Waals surface area contributed by atoms with Crippen molar-refractivity contribution in [3.63, 3.8) is 0 Å². The zero-order valence-electron chi connectivity index (χ0n) is 13.7. The maximum atomic E-state index is 12.2. The van der Waals surface area contributed by atoms with Crippen molar-refractivity contribution >= 4 is 5.91 Å². The van der Waals surface area contributed by atoms with E-state index in [2.05, 4.69) is 15.0 Å². The molecule has 1 atom stereocenters. The van der Waals surface area contributed by atoms with Crippen molar-refractivity contribution in [2.24, 2.45) is 11.8 Å². The molecule has 0 saturated carbocycles. The topological polar surface area (TPSA) is 41.6 Å². The Morgan fingerprint density at radius 3 is 2.79 bits per heavy atom. The van der Waals surface area contributed by atoms with E-state index in [4.69, 9.17) is 0 Å². The molecule has 0 radical (unpaired) electrons. The van der Waals surface area contributed by atoms with Crippen molar-refractivity contribution < 1.29 is 18.3 Å². The van der Waals surface area contributed by atoms with E-state index < -0.39 is 6.61 Å². The van der Waals surface area contributed by atoms with E-state index in [1.54, 1.807) is 12.1 Å². The normalized spacial score (nSPS) is 25.7. The summed E-state index contributed by atoms with van der Waals surface area (Å²) < 4.78 is 28.8. The molecule has 24 heavy (non-hydrogen) atoms. The standard InChI is InChI=1S/C18H24F2N2O2/c19-18(20)24-16-3-1-2-13(10-16)4-5-17(23)21-11-15-12-22-8-6-14(15)7-9-22/h1-3,10,14-15,18H,4-9,11-12H2,(H,21,23). The van der Waals surface area contributed by atoms with Crippen LogP contribution in [0.15, 0.2) is 24.3 Å². The Balaban J connectivity index is 1.41. The lowest BCUT2D eigenvalue weighted by Crippen LogP contribution is -2.50. The first-order valence-electron chi connectivity index (χ1n) is 8.63. The molecule has 1 aromatic rings. The maximum absolute atomic E-state index is 12.2. The summed E-state index contributed by atoms with van der Waals surface area (Å²) in [7, 11) is 0. The van der Waals surface area contributed by atoms with Crippen LogP contribution in [0.2, 0.25) is 0 Å². The predicted octanol–water partition coefficient (Wildman–Crippen LogP) is 2.68. The highest BCUT2D eigenvalue weighted by molar-refractivity contribution is 5.76. The highest BCUT2D eigenvalue weighted by Crippen LogP contribution is 2.31. The van der Waals surface area contributed by atoms with E-state index in [-0.39, 0.29) is 11.7 Å². The first kappa shape index (κ1) is 17.1. The summed E-state index contributed by atoms with van der Waals surface area (Å²) in [5, 5.41) is 3.04. The molecule has 1 aromatic carbocycles. The predicted molar refractivity (Wildman–Crippen MR) is 87.1 cm³/mol. The van der Waals surface area contributed by atoms with Gasteiger partial charge in [0, 0.05) is 19.5 Å². The van der Waals surface area contributed by atoms with E-state index in [0.717, 1.165) is 24.6 Å². The van der Waals surface area contributed by atoms with Crippen molar-refractivity contribution in [1.29, 1.82) is 0 Å². The number of rotatable bonds is 7. The number of amides is 1. The lowest BCUT2D eigenvalue weighted by molar-refractivity contribution is -0.121. The van der Waals surface area contributed by atoms with Gasteiger partial charge in [-0.25, -0.2) is 0 Å². The van der Waals surface area contributed by atoms with Crippen LogP contribution in [0.1, 0.15) is 24.8 Å². The molecule has 6 heteroatoms. The lowest BCUT2D eigenvalue weighted by atomic mass is 9.79. The quantitative estimate of drug-likeness (QED) is 0.831. The second-order valence-electron chi connectivity index (χ2n) is 6.73. The third kappa shape index (κ3) is 4.66. The third-order valence-corrected chi connectivity index (χ3v) is 5.12. The number of carbonyl (C=O) groups excluding carboxylic acids is 1. The van der Waals surface area contributed by atoms with Gasteiger partial charge in [-0.1, -0.05) is 12.1 Å². The van der Waals surface area contributed by atoms with Crippen molar-refractivity contribution in [2.45, 2.75) is 32.3 Å². The molecule has 1 amide bonds. The van der Waals surface area contributed by atoms with Gasteiger partial charge >= 0.3 is 6.61 Å². The number of benzene rings is 1. The summed E-state index contributed by atoms with van der Waals surface area (Å²) >= 11 is 0. The van der Waals surface area contributed by atoms with Crippen LogP contribution in [-0.4, -0.2) is 43.6 Å². The van der Waals surface area contributed by atoms with E-state index in [1.165, 1.54) is 32.0 Å². The Morgan fingerprint density at radius 2 is 2.12 bits per heavy atom. The van der Waals surface area contributed by atoms with Gasteiger partial charge in [-0.2, -0.15) is 8.78 Å². The van der Waals surface area contributed by atoms with Crippen LogP contribution in [0.5, 0.6) is 5.75 Å². The minimum absolute atomic E-state index is 0.0200. The van der Waals surface area contributed by atoms with Gasteiger partial charge in [0.25, 0.3) is 0 Å². The number of halogens is 2. The number of fused-ring (bicyclic) bond motifs is 3. The van der Waals surface area contributed by atoms with Gasteiger partial charge in [0.1, 0.15) is 5.75 Å². The lowest BCUT2D eigenvalue weighted by Gasteiger charge is -2.44. The fourth-order valence-electron chi connectivity index (χ4n) is 3.79. The molecule has 3 aliphatic heterocycles. The molecule has 0 aromatic heterocycles. The fourth-order valence-corrected chi connectivity index (χ4v) is 3.79. The number of alkyl halides is 2. The van der Waals surface area contributed by atoms with Gasteiger partial charge in [0.15, 0.2) is 0 Å². The molecule has 4 nitrogen and oxygen atoms in total. The number of ether oxygens (including phenoxy) is 1. The Morgan fingerprint density at radius 1 is 1.33 bits per heavy atom. The molecule has 0 spiro atoms. The molecule has 132 valence electrons. The van der Waals surface area contributed by atoms with Crippen LogP contribution in [0.3, 0.4) is 0 Å². The molecule has 3 heterocycles. The van der Waals surface area contributed by atoms with E-state index in [9.17, 15) is 13.6 Å². The van der Waals surface area contributed by atoms with Crippen LogP contribution in [0, 0.1) is 11.8 Å². The number of hydrogen-bond donors (Lipinski definition) is 1. The molecule has 2 bridgehead atoms. The molecular formula is C18H24F2N2O2. The Labute approximate surface area is 141 Å². The highest BCUT2D eigenvalue weighted by atomic mass is 19.3. The second-order valence-corrected chi connectivity index (χ2v) is 6.73. The van der Waals surface area contributed by atoms with Crippen molar-refractivity contribution in [3.8, 4) is 5.75 Å². The second kappa shape index (κ2) is 7.92. The highest BCUT2D eigenvalue weighted by Gasteiger charge is 2.33. The number of hydrogen-bond acceptors (Lipinski definition) is 3. The SMILES string of the molecule is O=C(CCc1cccc(OC(F)F)c1)NCC1CN2CCC1CC2. The van der Waals surface area contributed by atoms with Gasteiger partial charge in [-0.3, -0.25) is 4.79 Å². The molecule has 3 fully saturated rings. The van der Waals surface area contributed by atoms with Gasteiger partial charge in [0.05, 0.1) is 0 Å². The van der Waals surface area contributed by atoms with Crippen LogP contribution >= 0.6 is 0 Å². The Hall–Kier alpha value is -1.69. The average molecular weight is 338 g/mol. The molecule has 1 N–H and O–H groups in total. The number of nitrogens with zero attached hydrogens (tertiary/aromatic N) is 1. The third-order valence-electron chi connectivity index (χ3n) is 5.12. The first-order chi connectivity index (χ1) is 11.6. The summed E-state index contributed by atoms with van der Waals surface area (Å²) in [6.07, 6.45) is 3.38. The zero-order chi connectivity index (χ0) is 16.9. The van der Waals surface area contributed by atoms with Gasteiger partial charge in [0.2, 0.25) is 5.91 Å². The summed E-state index contributed by atoms with van der Waals surface area (Å²) in [4.78, 5) is 14.5. The van der Waals surface area contributed by atoms with Crippen LogP contribution in [0.4, 0.5) is 8.78 Å². The molecule has 0 aliphatic carbocycles. The number of piperidine rings is 3. The molecule has 3 aliphatic rings. The summed E-state index contributed by atoms with van der Waals surface area (Å²) in [6.45, 7) is 1.41. The van der Waals surface area contributed by atoms with Crippen LogP contribution in [0.25, 0.3) is 0 Å². The van der Waals surface area contributed by atoms with E-state index in [0.29, 0.717) is 18.8 Å². The molecule has 4 rings (SSSR count). The number of aryl methyl sites for hydroxylation is 1. The smallest absolute Gasteiger partial charge is 0.387 e. The van der Waals surface area contributed by atoms with Crippen molar-refractivity contribution in [2.75, 3.05) is 26.2 Å². The fraction of sp³-hybridized carbons (Fsp3) is 0.611. The summed E-state index contributed by atoms with van der Waals surface area (Å²) in [6, 6.07) is 6.53. The van der Waals surface area contributed by atoms with E-state index in [1.807, 2.05) is 6.07 Å². The molecular weight excluding hydrogens is 314 g/mol. The number of carbonyl (C=O) groups is 1. The number of nitrogens with one attached hydrogen (secondary N) is 1. The minimum atomic E-state index is -2.83. The zero-order valence-corrected chi connectivity index (χ0v) is 13.7. The first-order valence-corrected chi connectivity index (χ1v) is 8.63. The van der Waals surface area contributed by atoms with Crippen molar-refractivity contribution in [1.82, 2.24) is 10.2 Å². The van der Waals surface area contributed by atoms with Gasteiger partial charge < -0.3 is 15.0 Å². The molecule has 3 saturated heterocycles. The van der Waals surface area contributed by atoms with Gasteiger partial charge in [-0.05, 0) is 61.9 Å². The largest absolute Gasteiger partial charge is 0.435 e. The monoisotopic (exact) mass is 338 g/mol. The maximum Gasteiger partial charge on any atom is 0.387 e. The van der Waals surface area contributed by atoms with Crippen molar-refractivity contribution in [3.05, 3.63) is 29.8 Å². The van der Waals surface area contributed by atoms with Crippen LogP contribution in [-0.2, 0) is 11.2 Å². The minimum Gasteiger partial charge on any atom is -0.435 e. The van der Waals surface area contributed by atoms with E-state index >= 15 is 0 Å². The summed E-state index contributed by atoms with van der Waals surface area (Å²) in [5.41, 5.74) is 0.825. The Bertz CT molecular complexity index is 560. The Kier molecular flexibility index (Phi) is 5.66. The average Bonchev–Trinajstić information content (AvgIpc) is 2.59. The van der Waals surface area contributed by atoms with Crippen LogP contribution < -0.4 is 10.1 Å². The van der Waals surface area contributed by atoms with Gasteiger partial charge in [-0.15, -0.1) is 0 Å².